The Morgan fingerprint density at radius 1 is 1.03 bits per heavy atom. The van der Waals surface area contributed by atoms with Gasteiger partial charge in [0.2, 0.25) is 0 Å². The summed E-state index contributed by atoms with van der Waals surface area (Å²) in [6, 6.07) is 18.9. The number of hydrogen-bond acceptors (Lipinski definition) is 5. The van der Waals surface area contributed by atoms with Crippen molar-refractivity contribution in [2.24, 2.45) is 0 Å². The highest BCUT2D eigenvalue weighted by Crippen LogP contribution is 2.42. The second kappa shape index (κ2) is 10.3. The summed E-state index contributed by atoms with van der Waals surface area (Å²) < 4.78 is 11.4. The second-order valence-electron chi connectivity index (χ2n) is 10.0. The predicted molar refractivity (Wildman–Crippen MR) is 144 cm³/mol. The Morgan fingerprint density at radius 3 is 2.43 bits per heavy atom. The van der Waals surface area contributed by atoms with Crippen LogP contribution in [0.3, 0.4) is 0 Å². The van der Waals surface area contributed by atoms with Crippen molar-refractivity contribution >= 4 is 29.1 Å². The normalized spacial score (nSPS) is 17.2. The van der Waals surface area contributed by atoms with E-state index in [0.29, 0.717) is 17.1 Å². The van der Waals surface area contributed by atoms with Gasteiger partial charge in [-0.3, -0.25) is 9.59 Å². The van der Waals surface area contributed by atoms with Crippen LogP contribution in [-0.4, -0.2) is 34.4 Å². The average molecular weight is 520 g/mol. The topological polar surface area (TPSA) is 76.1 Å². The summed E-state index contributed by atoms with van der Waals surface area (Å²) in [4.78, 5) is 28.4. The largest absolute Gasteiger partial charge is 0.507 e. The second-order valence-corrected chi connectivity index (χ2v) is 10.4. The third-order valence-electron chi connectivity index (χ3n) is 6.06. The molecule has 3 aromatic carbocycles. The van der Waals surface area contributed by atoms with Crippen molar-refractivity contribution < 1.29 is 24.2 Å². The smallest absolute Gasteiger partial charge is 0.295 e. The molecular formula is C30H30ClNO5. The number of para-hydroxylation sites is 1. The van der Waals surface area contributed by atoms with E-state index in [1.807, 2.05) is 76.2 Å². The molecule has 0 aliphatic carbocycles. The zero-order valence-electron chi connectivity index (χ0n) is 21.5. The molecule has 0 bridgehead atoms. The zero-order valence-corrected chi connectivity index (χ0v) is 22.3. The lowest BCUT2D eigenvalue weighted by Crippen LogP contribution is -2.30. The van der Waals surface area contributed by atoms with Gasteiger partial charge in [0.15, 0.2) is 0 Å². The molecule has 4 rings (SSSR count). The molecule has 1 aliphatic heterocycles. The molecule has 1 saturated heterocycles. The number of carbonyl (C=O) groups excluding carboxylic acids is 2. The van der Waals surface area contributed by atoms with Crippen LogP contribution in [0.25, 0.3) is 5.76 Å². The lowest BCUT2D eigenvalue weighted by Gasteiger charge is -2.28. The third-order valence-corrected chi connectivity index (χ3v) is 6.39. The van der Waals surface area contributed by atoms with Crippen molar-refractivity contribution in [3.8, 4) is 11.5 Å². The van der Waals surface area contributed by atoms with E-state index in [1.54, 1.807) is 18.2 Å². The minimum Gasteiger partial charge on any atom is -0.507 e. The molecule has 1 amide bonds. The molecule has 0 saturated carbocycles. The highest BCUT2D eigenvalue weighted by molar-refractivity contribution is 6.47. The number of ether oxygens (including phenoxy) is 2. The Kier molecular flexibility index (Phi) is 7.32. The molecule has 1 fully saturated rings. The first kappa shape index (κ1) is 26.3. The molecule has 6 nitrogen and oxygen atoms in total. The molecule has 1 heterocycles. The van der Waals surface area contributed by atoms with Crippen molar-refractivity contribution in [2.75, 3.05) is 7.11 Å². The van der Waals surface area contributed by atoms with Gasteiger partial charge in [0, 0.05) is 11.1 Å². The minimum atomic E-state index is -0.829. The third kappa shape index (κ3) is 5.49. The van der Waals surface area contributed by atoms with Crippen LogP contribution in [0.4, 0.5) is 0 Å². The van der Waals surface area contributed by atoms with Gasteiger partial charge in [0.25, 0.3) is 11.7 Å². The number of halogens is 1. The van der Waals surface area contributed by atoms with Crippen LogP contribution in [0.15, 0.2) is 72.3 Å². The van der Waals surface area contributed by atoms with Gasteiger partial charge in [-0.25, -0.2) is 0 Å². The van der Waals surface area contributed by atoms with E-state index in [2.05, 4.69) is 0 Å². The maximum atomic E-state index is 13.5. The number of aliphatic hydroxyl groups is 1. The highest BCUT2D eigenvalue weighted by Gasteiger charge is 2.46. The van der Waals surface area contributed by atoms with Gasteiger partial charge in [0.1, 0.15) is 22.9 Å². The van der Waals surface area contributed by atoms with Crippen molar-refractivity contribution in [1.29, 1.82) is 0 Å². The molecule has 3 aromatic rings. The molecule has 1 N–H and O–H groups in total. The van der Waals surface area contributed by atoms with Gasteiger partial charge in [0.05, 0.1) is 30.3 Å². The molecule has 1 atom stereocenters. The molecule has 0 aromatic heterocycles. The van der Waals surface area contributed by atoms with Crippen molar-refractivity contribution in [1.82, 2.24) is 4.90 Å². The summed E-state index contributed by atoms with van der Waals surface area (Å²) in [5, 5.41) is 11.6. The van der Waals surface area contributed by atoms with Gasteiger partial charge in [-0.2, -0.15) is 0 Å². The first-order valence-electron chi connectivity index (χ1n) is 12.0. The molecule has 37 heavy (non-hydrogen) atoms. The number of aliphatic hydroxyl groups excluding tert-OH is 1. The number of rotatable bonds is 6. The van der Waals surface area contributed by atoms with Crippen LogP contribution in [0.2, 0.25) is 5.02 Å². The van der Waals surface area contributed by atoms with Crippen LogP contribution < -0.4 is 9.47 Å². The average Bonchev–Trinajstić information content (AvgIpc) is 3.09. The van der Waals surface area contributed by atoms with Gasteiger partial charge < -0.3 is 19.5 Å². The number of methoxy groups -OCH3 is 1. The Bertz CT molecular complexity index is 1390. The molecule has 0 radical (unpaired) electrons. The van der Waals surface area contributed by atoms with Crippen LogP contribution in [0.5, 0.6) is 11.5 Å². The maximum absolute atomic E-state index is 13.5. The number of amides is 1. The van der Waals surface area contributed by atoms with Gasteiger partial charge in [-0.05, 0) is 57.5 Å². The van der Waals surface area contributed by atoms with E-state index < -0.39 is 23.3 Å². The molecule has 0 spiro atoms. The summed E-state index contributed by atoms with van der Waals surface area (Å²) in [6.07, 6.45) is 0. The van der Waals surface area contributed by atoms with E-state index in [4.69, 9.17) is 21.1 Å². The van der Waals surface area contributed by atoms with E-state index in [-0.39, 0.29) is 28.5 Å². The van der Waals surface area contributed by atoms with E-state index >= 15 is 0 Å². The Morgan fingerprint density at radius 2 is 1.76 bits per heavy atom. The Hall–Kier alpha value is -3.77. The lowest BCUT2D eigenvalue weighted by atomic mass is 9.94. The van der Waals surface area contributed by atoms with Crippen molar-refractivity contribution in [3.63, 3.8) is 0 Å². The number of carbonyl (C=O) groups is 2. The number of nitrogens with zero attached hydrogens (tertiary/aromatic N) is 1. The summed E-state index contributed by atoms with van der Waals surface area (Å²) in [6.45, 7) is 7.88. The van der Waals surface area contributed by atoms with E-state index in [1.165, 1.54) is 12.0 Å². The number of aryl methyl sites for hydroxylation is 1. The quantitative estimate of drug-likeness (QED) is 0.230. The predicted octanol–water partition coefficient (Wildman–Crippen LogP) is 6.46. The van der Waals surface area contributed by atoms with Crippen LogP contribution in [0.1, 0.15) is 49.1 Å². The summed E-state index contributed by atoms with van der Waals surface area (Å²) >= 11 is 6.40. The summed E-state index contributed by atoms with van der Waals surface area (Å²) in [5.41, 5.74) is 2.14. The number of hydrogen-bond donors (Lipinski definition) is 1. The lowest BCUT2D eigenvalue weighted by molar-refractivity contribution is -0.140. The number of likely N-dealkylation sites (tertiary alicyclic amines) is 1. The Balaban J connectivity index is 1.88. The molecule has 7 heteroatoms. The first-order chi connectivity index (χ1) is 17.5. The molecule has 192 valence electrons. The zero-order chi connectivity index (χ0) is 26.9. The molecule has 1 unspecified atom stereocenters. The Labute approximate surface area is 222 Å². The summed E-state index contributed by atoms with van der Waals surface area (Å²) in [7, 11) is 1.50. The minimum absolute atomic E-state index is 0.0278. The van der Waals surface area contributed by atoms with Gasteiger partial charge in [-0.15, -0.1) is 0 Å². The van der Waals surface area contributed by atoms with Crippen molar-refractivity contribution in [3.05, 3.63) is 99.6 Å². The number of benzene rings is 3. The molecule has 1 aliphatic rings. The monoisotopic (exact) mass is 519 g/mol. The number of ketones is 1. The first-order valence-corrected chi connectivity index (χ1v) is 12.3. The molecular weight excluding hydrogens is 490 g/mol. The van der Waals surface area contributed by atoms with E-state index in [0.717, 1.165) is 11.1 Å². The van der Waals surface area contributed by atoms with Crippen LogP contribution in [0, 0.1) is 6.92 Å². The van der Waals surface area contributed by atoms with Crippen LogP contribution in [-0.2, 0) is 16.1 Å². The van der Waals surface area contributed by atoms with Gasteiger partial charge >= 0.3 is 0 Å². The highest BCUT2D eigenvalue weighted by atomic mass is 35.5. The van der Waals surface area contributed by atoms with Crippen LogP contribution >= 0.6 is 11.6 Å². The fourth-order valence-corrected chi connectivity index (χ4v) is 4.64. The SMILES string of the molecule is COc1ccc(Cl)c(/C(O)=C2\C(=O)C(=O)N(Cc3ccccc3OC(C)(C)C)C2c2cccc(C)c2)c1. The maximum Gasteiger partial charge on any atom is 0.295 e. The van der Waals surface area contributed by atoms with Crippen molar-refractivity contribution in [2.45, 2.75) is 45.9 Å². The number of Topliss-reactive ketones (excluding diaryl/α,β-unsaturated/α-hetero) is 1. The summed E-state index contributed by atoms with van der Waals surface area (Å²) in [5.74, 6) is -0.762. The fraction of sp³-hybridized carbons (Fsp3) is 0.267. The standard InChI is InChI=1S/C30H30ClNO5/c1-18-9-8-11-19(15-18)26-25(27(33)22-16-21(36-5)13-14-23(22)31)28(34)29(35)32(26)17-20-10-6-7-12-24(20)37-30(2,3)4/h6-16,26,33H,17H2,1-5H3/b27-25+. The fourth-order valence-electron chi connectivity index (χ4n) is 4.44. The van der Waals surface area contributed by atoms with Gasteiger partial charge in [-0.1, -0.05) is 59.6 Å². The van der Waals surface area contributed by atoms with E-state index in [9.17, 15) is 14.7 Å².